The van der Waals surface area contributed by atoms with Gasteiger partial charge in [0.05, 0.1) is 6.54 Å². The van der Waals surface area contributed by atoms with Crippen LogP contribution in [-0.4, -0.2) is 81.7 Å². The number of aliphatic carboxylic acids is 2. The van der Waals surface area contributed by atoms with Crippen LogP contribution in [0.1, 0.15) is 25.7 Å². The molecule has 0 bridgehead atoms. The number of amides is 3. The zero-order valence-electron chi connectivity index (χ0n) is 14.6. The van der Waals surface area contributed by atoms with E-state index >= 15 is 0 Å². The second kappa shape index (κ2) is 10.7. The quantitative estimate of drug-likeness (QED) is 0.222. The number of carbonyl (C=O) groups excluding carboxylic acids is 3. The third-order valence-electron chi connectivity index (χ3n) is 4.10. The highest BCUT2D eigenvalue weighted by molar-refractivity contribution is 7.80. The van der Waals surface area contributed by atoms with Crippen molar-refractivity contribution in [3.05, 3.63) is 0 Å². The molecule has 0 spiro atoms. The van der Waals surface area contributed by atoms with Crippen molar-refractivity contribution >= 4 is 42.3 Å². The number of thiol groups is 1. The lowest BCUT2D eigenvalue weighted by atomic mass is 10.1. The lowest BCUT2D eigenvalue weighted by molar-refractivity contribution is -0.149. The molecule has 1 fully saturated rings. The minimum Gasteiger partial charge on any atom is -0.481 e. The van der Waals surface area contributed by atoms with Gasteiger partial charge in [-0.2, -0.15) is 12.6 Å². The van der Waals surface area contributed by atoms with Gasteiger partial charge < -0.3 is 31.5 Å². The molecule has 0 aromatic heterocycles. The van der Waals surface area contributed by atoms with Crippen LogP contribution in [0.25, 0.3) is 0 Å². The molecule has 6 N–H and O–H groups in total. The lowest BCUT2D eigenvalue weighted by Crippen LogP contribution is -2.57. The van der Waals surface area contributed by atoms with E-state index < -0.39 is 47.8 Å². The topological polar surface area (TPSA) is 179 Å². The highest BCUT2D eigenvalue weighted by Crippen LogP contribution is 2.19. The summed E-state index contributed by atoms with van der Waals surface area (Å²) in [6, 6.07) is -3.26. The molecule has 12 heteroatoms. The van der Waals surface area contributed by atoms with E-state index in [1.54, 1.807) is 0 Å². The highest BCUT2D eigenvalue weighted by Gasteiger charge is 2.37. The third kappa shape index (κ3) is 6.71. The van der Waals surface area contributed by atoms with Crippen LogP contribution >= 0.6 is 12.6 Å². The Morgan fingerprint density at radius 3 is 2.33 bits per heavy atom. The molecule has 152 valence electrons. The summed E-state index contributed by atoms with van der Waals surface area (Å²) < 4.78 is 0. The smallest absolute Gasteiger partial charge is 0.326 e. The van der Waals surface area contributed by atoms with E-state index in [-0.39, 0.29) is 31.7 Å². The summed E-state index contributed by atoms with van der Waals surface area (Å²) in [5.41, 5.74) is 5.19. The van der Waals surface area contributed by atoms with Crippen molar-refractivity contribution in [3.63, 3.8) is 0 Å². The Labute approximate surface area is 161 Å². The summed E-state index contributed by atoms with van der Waals surface area (Å²) in [5.74, 6) is -4.39. The first-order valence-electron chi connectivity index (χ1n) is 8.37. The Morgan fingerprint density at radius 1 is 1.15 bits per heavy atom. The summed E-state index contributed by atoms with van der Waals surface area (Å²) >= 11 is 4.03. The normalized spacial score (nSPS) is 18.4. The van der Waals surface area contributed by atoms with Crippen molar-refractivity contribution in [2.24, 2.45) is 5.73 Å². The molecule has 0 aromatic rings. The van der Waals surface area contributed by atoms with Gasteiger partial charge in [-0.3, -0.25) is 19.2 Å². The van der Waals surface area contributed by atoms with Gasteiger partial charge in [0, 0.05) is 18.7 Å². The van der Waals surface area contributed by atoms with E-state index in [0.717, 1.165) is 0 Å². The van der Waals surface area contributed by atoms with E-state index in [1.165, 1.54) is 4.90 Å². The molecule has 1 rings (SSSR count). The minimum absolute atomic E-state index is 0.0934. The van der Waals surface area contributed by atoms with Gasteiger partial charge in [0.25, 0.3) is 0 Å². The van der Waals surface area contributed by atoms with Crippen molar-refractivity contribution in [2.45, 2.75) is 43.8 Å². The number of hydrogen-bond donors (Lipinski definition) is 6. The van der Waals surface area contributed by atoms with Gasteiger partial charge in [-0.15, -0.1) is 0 Å². The van der Waals surface area contributed by atoms with Gasteiger partial charge in [-0.05, 0) is 19.3 Å². The van der Waals surface area contributed by atoms with Crippen LogP contribution in [0.4, 0.5) is 0 Å². The zero-order chi connectivity index (χ0) is 20.6. The number of nitrogens with one attached hydrogen (secondary N) is 2. The molecule has 0 saturated carbocycles. The van der Waals surface area contributed by atoms with Crippen LogP contribution in [0.15, 0.2) is 0 Å². The summed E-state index contributed by atoms with van der Waals surface area (Å²) in [7, 11) is 0. The predicted molar refractivity (Wildman–Crippen MR) is 96.0 cm³/mol. The second-order valence-electron chi connectivity index (χ2n) is 6.03. The van der Waals surface area contributed by atoms with Crippen LogP contribution in [-0.2, 0) is 24.0 Å². The third-order valence-corrected chi connectivity index (χ3v) is 4.47. The first-order valence-corrected chi connectivity index (χ1v) is 9.00. The minimum atomic E-state index is -1.19. The fourth-order valence-electron chi connectivity index (χ4n) is 2.74. The van der Waals surface area contributed by atoms with Crippen molar-refractivity contribution in [3.8, 4) is 0 Å². The first-order chi connectivity index (χ1) is 12.7. The average Bonchev–Trinajstić information content (AvgIpc) is 3.11. The number of likely N-dealkylation sites (tertiary alicyclic amines) is 1. The fourth-order valence-corrected chi connectivity index (χ4v) is 2.98. The monoisotopic (exact) mass is 404 g/mol. The maximum absolute atomic E-state index is 12.6. The number of nitrogens with two attached hydrogens (primary N) is 1. The molecule has 3 amide bonds. The van der Waals surface area contributed by atoms with Gasteiger partial charge >= 0.3 is 11.9 Å². The number of nitrogens with zero attached hydrogens (tertiary/aromatic N) is 1. The molecule has 27 heavy (non-hydrogen) atoms. The van der Waals surface area contributed by atoms with Crippen LogP contribution in [0.2, 0.25) is 0 Å². The number of carboxylic acid groups (broad SMARTS) is 2. The van der Waals surface area contributed by atoms with E-state index in [0.29, 0.717) is 12.8 Å². The number of carbonyl (C=O) groups is 5. The molecular formula is C15H24N4O7S. The molecule has 1 heterocycles. The largest absolute Gasteiger partial charge is 0.481 e. The molecule has 1 saturated heterocycles. The maximum Gasteiger partial charge on any atom is 0.326 e. The van der Waals surface area contributed by atoms with Crippen molar-refractivity contribution in [2.75, 3.05) is 18.8 Å². The molecule has 11 nitrogen and oxygen atoms in total. The SMILES string of the molecule is NCC(=O)NC(CCC(=O)O)C(=O)NC(CS)C(=O)N1CCCC1C(=O)O. The molecule has 0 radical (unpaired) electrons. The van der Waals surface area contributed by atoms with E-state index in [4.69, 9.17) is 10.8 Å². The van der Waals surface area contributed by atoms with Crippen LogP contribution < -0.4 is 16.4 Å². The van der Waals surface area contributed by atoms with Gasteiger partial charge in [-0.1, -0.05) is 0 Å². The van der Waals surface area contributed by atoms with Gasteiger partial charge in [-0.25, -0.2) is 4.79 Å². The predicted octanol–water partition coefficient (Wildman–Crippen LogP) is -2.22. The van der Waals surface area contributed by atoms with E-state index in [9.17, 15) is 29.1 Å². The average molecular weight is 404 g/mol. The molecule has 1 aliphatic heterocycles. The van der Waals surface area contributed by atoms with Crippen LogP contribution in [0.3, 0.4) is 0 Å². The van der Waals surface area contributed by atoms with Gasteiger partial charge in [0.1, 0.15) is 18.1 Å². The second-order valence-corrected chi connectivity index (χ2v) is 6.39. The summed E-state index contributed by atoms with van der Waals surface area (Å²) in [6.07, 6.45) is 0.281. The summed E-state index contributed by atoms with van der Waals surface area (Å²) in [4.78, 5) is 59.7. The Bertz CT molecular complexity index is 601. The van der Waals surface area contributed by atoms with Gasteiger partial charge in [0.15, 0.2) is 0 Å². The van der Waals surface area contributed by atoms with Crippen molar-refractivity contribution in [1.29, 1.82) is 0 Å². The van der Waals surface area contributed by atoms with Gasteiger partial charge in [0.2, 0.25) is 17.7 Å². The highest BCUT2D eigenvalue weighted by atomic mass is 32.1. The maximum atomic E-state index is 12.6. The standard InChI is InChI=1S/C15H24N4O7S/c16-6-11(20)17-8(3-4-12(21)22)13(23)18-9(7-27)14(24)19-5-1-2-10(19)15(25)26/h8-10,27H,1-7,16H2,(H,17,20)(H,18,23)(H,21,22)(H,25,26). The zero-order valence-corrected chi connectivity index (χ0v) is 15.5. The Kier molecular flexibility index (Phi) is 9.02. The van der Waals surface area contributed by atoms with Crippen LogP contribution in [0.5, 0.6) is 0 Å². The first kappa shape index (κ1) is 22.7. The Balaban J connectivity index is 2.82. The molecule has 3 unspecified atom stereocenters. The number of hydrogen-bond acceptors (Lipinski definition) is 7. The van der Waals surface area contributed by atoms with E-state index in [1.807, 2.05) is 0 Å². The molecular weight excluding hydrogens is 380 g/mol. The molecule has 0 aliphatic carbocycles. The van der Waals surface area contributed by atoms with Crippen molar-refractivity contribution in [1.82, 2.24) is 15.5 Å². The molecule has 3 atom stereocenters. The Morgan fingerprint density at radius 2 is 1.81 bits per heavy atom. The molecule has 1 aliphatic rings. The summed E-state index contributed by atoms with van der Waals surface area (Å²) in [6.45, 7) is -0.137. The number of rotatable bonds is 10. The Hall–Kier alpha value is -2.34. The van der Waals surface area contributed by atoms with E-state index in [2.05, 4.69) is 23.3 Å². The lowest BCUT2D eigenvalue weighted by Gasteiger charge is -2.27. The van der Waals surface area contributed by atoms with Crippen LogP contribution in [0, 0.1) is 0 Å². The molecule has 0 aromatic carbocycles. The van der Waals surface area contributed by atoms with Crippen molar-refractivity contribution < 1.29 is 34.2 Å². The summed E-state index contributed by atoms with van der Waals surface area (Å²) in [5, 5.41) is 22.7. The number of carboxylic acids is 2. The fraction of sp³-hybridized carbons (Fsp3) is 0.667.